The highest BCUT2D eigenvalue weighted by Gasteiger charge is 2.10. The van der Waals surface area contributed by atoms with Crippen LogP contribution in [0.3, 0.4) is 0 Å². The van der Waals surface area contributed by atoms with Crippen molar-refractivity contribution in [1.82, 2.24) is 9.78 Å². The molecule has 7 nitrogen and oxygen atoms in total. The first-order valence-corrected chi connectivity index (χ1v) is 8.43. The number of carbonyl (C=O) groups is 2. The quantitative estimate of drug-likeness (QED) is 0.712. The molecule has 0 fully saturated rings. The Morgan fingerprint density at radius 3 is 2.50 bits per heavy atom. The van der Waals surface area contributed by atoms with Crippen LogP contribution in [0.15, 0.2) is 65.5 Å². The predicted octanol–water partition coefficient (Wildman–Crippen LogP) is 2.65. The molecular formula is C20H17FN4O3. The van der Waals surface area contributed by atoms with Gasteiger partial charge in [0.25, 0.3) is 5.56 Å². The van der Waals surface area contributed by atoms with E-state index in [-0.39, 0.29) is 17.9 Å². The minimum absolute atomic E-state index is 0.0494. The van der Waals surface area contributed by atoms with Crippen molar-refractivity contribution < 1.29 is 14.0 Å². The van der Waals surface area contributed by atoms with Crippen LogP contribution < -0.4 is 16.2 Å². The summed E-state index contributed by atoms with van der Waals surface area (Å²) in [5.41, 5.74) is 1.18. The van der Waals surface area contributed by atoms with Crippen LogP contribution in [0.2, 0.25) is 0 Å². The average molecular weight is 380 g/mol. The summed E-state index contributed by atoms with van der Waals surface area (Å²) >= 11 is 0. The molecule has 1 aromatic heterocycles. The number of nitrogens with zero attached hydrogens (tertiary/aromatic N) is 2. The topological polar surface area (TPSA) is 93.1 Å². The largest absolute Gasteiger partial charge is 0.324 e. The van der Waals surface area contributed by atoms with Gasteiger partial charge in [-0.1, -0.05) is 30.3 Å². The van der Waals surface area contributed by atoms with E-state index in [1.54, 1.807) is 6.07 Å². The Labute approximate surface area is 159 Å². The monoisotopic (exact) mass is 380 g/mol. The highest BCUT2D eigenvalue weighted by Crippen LogP contribution is 2.19. The second-order valence-corrected chi connectivity index (χ2v) is 6.00. The molecular weight excluding hydrogens is 363 g/mol. The summed E-state index contributed by atoms with van der Waals surface area (Å²) in [6, 6.07) is 16.0. The van der Waals surface area contributed by atoms with Crippen LogP contribution in [0, 0.1) is 5.82 Å². The molecule has 2 aromatic carbocycles. The number of rotatable bonds is 5. The third-order valence-corrected chi connectivity index (χ3v) is 3.79. The van der Waals surface area contributed by atoms with Crippen LogP contribution >= 0.6 is 0 Å². The molecule has 0 saturated heterocycles. The Morgan fingerprint density at radius 1 is 1.04 bits per heavy atom. The van der Waals surface area contributed by atoms with Crippen LogP contribution in [-0.2, 0) is 16.1 Å². The first kappa shape index (κ1) is 19.0. The maximum absolute atomic E-state index is 13.7. The fraction of sp³-hybridized carbons (Fsp3) is 0.100. The number of benzene rings is 2. The van der Waals surface area contributed by atoms with Gasteiger partial charge >= 0.3 is 0 Å². The van der Waals surface area contributed by atoms with Gasteiger partial charge in [-0.15, -0.1) is 0 Å². The molecule has 0 aliphatic rings. The van der Waals surface area contributed by atoms with E-state index in [2.05, 4.69) is 15.7 Å². The summed E-state index contributed by atoms with van der Waals surface area (Å²) in [6.07, 6.45) is 0. The van der Waals surface area contributed by atoms with Gasteiger partial charge < -0.3 is 10.6 Å². The smallest absolute Gasteiger partial charge is 0.267 e. The molecule has 0 atom stereocenters. The van der Waals surface area contributed by atoms with Gasteiger partial charge in [-0.3, -0.25) is 14.4 Å². The van der Waals surface area contributed by atoms with Crippen molar-refractivity contribution >= 4 is 23.2 Å². The van der Waals surface area contributed by atoms with Crippen LogP contribution in [0.1, 0.15) is 6.92 Å². The summed E-state index contributed by atoms with van der Waals surface area (Å²) in [7, 11) is 0. The number of hydrogen-bond donors (Lipinski definition) is 2. The second kappa shape index (κ2) is 8.26. The number of hydrogen-bond acceptors (Lipinski definition) is 4. The zero-order valence-electron chi connectivity index (χ0n) is 15.0. The van der Waals surface area contributed by atoms with E-state index in [4.69, 9.17) is 0 Å². The summed E-state index contributed by atoms with van der Waals surface area (Å²) < 4.78 is 14.7. The van der Waals surface area contributed by atoms with Gasteiger partial charge in [0, 0.05) is 24.2 Å². The van der Waals surface area contributed by atoms with Crippen molar-refractivity contribution in [1.29, 1.82) is 0 Å². The van der Waals surface area contributed by atoms with Gasteiger partial charge in [0.05, 0.1) is 11.4 Å². The lowest BCUT2D eigenvalue weighted by Crippen LogP contribution is -2.29. The van der Waals surface area contributed by atoms with E-state index in [9.17, 15) is 18.8 Å². The van der Waals surface area contributed by atoms with Gasteiger partial charge in [0.15, 0.2) is 0 Å². The van der Waals surface area contributed by atoms with E-state index in [0.717, 1.165) is 16.3 Å². The van der Waals surface area contributed by atoms with Gasteiger partial charge in [-0.05, 0) is 24.3 Å². The van der Waals surface area contributed by atoms with Crippen molar-refractivity contribution in [3.05, 3.63) is 76.8 Å². The molecule has 0 spiro atoms. The molecule has 0 bridgehead atoms. The average Bonchev–Trinajstić information content (AvgIpc) is 2.66. The van der Waals surface area contributed by atoms with Gasteiger partial charge in [0.2, 0.25) is 11.8 Å². The second-order valence-electron chi connectivity index (χ2n) is 6.00. The number of carbonyl (C=O) groups excluding carboxylic acids is 2. The van der Waals surface area contributed by atoms with Crippen molar-refractivity contribution in [3.8, 4) is 11.3 Å². The van der Waals surface area contributed by atoms with E-state index in [0.29, 0.717) is 5.69 Å². The first-order chi connectivity index (χ1) is 13.4. The van der Waals surface area contributed by atoms with Gasteiger partial charge in [-0.25, -0.2) is 9.07 Å². The molecule has 142 valence electrons. The summed E-state index contributed by atoms with van der Waals surface area (Å²) in [5, 5.41) is 9.12. The maximum Gasteiger partial charge on any atom is 0.267 e. The molecule has 0 unspecified atom stereocenters. The molecule has 0 saturated carbocycles. The Morgan fingerprint density at radius 2 is 1.79 bits per heavy atom. The minimum Gasteiger partial charge on any atom is -0.324 e. The lowest BCUT2D eigenvalue weighted by molar-refractivity contribution is -0.117. The van der Waals surface area contributed by atoms with Crippen molar-refractivity contribution in [2.75, 3.05) is 10.6 Å². The molecule has 3 rings (SSSR count). The molecule has 2 N–H and O–H groups in total. The molecule has 0 aliphatic heterocycles. The standard InChI is InChI=1S/C20H17FN4O3/c1-13(26)22-18-11-15(7-8-16(18)21)23-19(27)12-25-20(28)10-9-17(24-25)14-5-3-2-4-6-14/h2-11H,12H2,1H3,(H,22,26)(H,23,27). The number of nitrogens with one attached hydrogen (secondary N) is 2. The van der Waals surface area contributed by atoms with E-state index in [1.807, 2.05) is 30.3 Å². The normalized spacial score (nSPS) is 10.4. The van der Waals surface area contributed by atoms with E-state index >= 15 is 0 Å². The number of anilines is 2. The van der Waals surface area contributed by atoms with Crippen LogP contribution in [0.4, 0.5) is 15.8 Å². The summed E-state index contributed by atoms with van der Waals surface area (Å²) in [5.74, 6) is -1.57. The molecule has 3 aromatic rings. The predicted molar refractivity (Wildman–Crippen MR) is 103 cm³/mol. The fourth-order valence-electron chi connectivity index (χ4n) is 2.55. The maximum atomic E-state index is 13.7. The SMILES string of the molecule is CC(=O)Nc1cc(NC(=O)Cn2nc(-c3ccccc3)ccc2=O)ccc1F. The lowest BCUT2D eigenvalue weighted by Gasteiger charge is -2.10. The third kappa shape index (κ3) is 4.67. The van der Waals surface area contributed by atoms with E-state index in [1.165, 1.54) is 25.1 Å². The van der Waals surface area contributed by atoms with Crippen LogP contribution in [-0.4, -0.2) is 21.6 Å². The molecule has 0 aliphatic carbocycles. The third-order valence-electron chi connectivity index (χ3n) is 3.79. The van der Waals surface area contributed by atoms with Crippen molar-refractivity contribution in [2.24, 2.45) is 0 Å². The molecule has 2 amide bonds. The molecule has 0 radical (unpaired) electrons. The van der Waals surface area contributed by atoms with Crippen LogP contribution in [0.5, 0.6) is 0 Å². The number of amides is 2. The Bertz CT molecular complexity index is 1080. The van der Waals surface area contributed by atoms with Gasteiger partial charge in [-0.2, -0.15) is 5.10 Å². The zero-order chi connectivity index (χ0) is 20.1. The summed E-state index contributed by atoms with van der Waals surface area (Å²) in [6.45, 7) is 0.939. The molecule has 8 heteroatoms. The number of halogens is 1. The van der Waals surface area contributed by atoms with Crippen molar-refractivity contribution in [2.45, 2.75) is 13.5 Å². The van der Waals surface area contributed by atoms with Crippen LogP contribution in [0.25, 0.3) is 11.3 Å². The fourth-order valence-corrected chi connectivity index (χ4v) is 2.55. The van der Waals surface area contributed by atoms with E-state index < -0.39 is 23.2 Å². The number of aromatic nitrogens is 2. The summed E-state index contributed by atoms with van der Waals surface area (Å²) in [4.78, 5) is 35.5. The molecule has 1 heterocycles. The Kier molecular flexibility index (Phi) is 5.59. The first-order valence-electron chi connectivity index (χ1n) is 8.43. The minimum atomic E-state index is -0.623. The molecule has 28 heavy (non-hydrogen) atoms. The Hall–Kier alpha value is -3.81. The van der Waals surface area contributed by atoms with Crippen molar-refractivity contribution in [3.63, 3.8) is 0 Å². The highest BCUT2D eigenvalue weighted by molar-refractivity contribution is 5.93. The van der Waals surface area contributed by atoms with Gasteiger partial charge in [0.1, 0.15) is 12.4 Å². The zero-order valence-corrected chi connectivity index (χ0v) is 15.0. The highest BCUT2D eigenvalue weighted by atomic mass is 19.1. The lowest BCUT2D eigenvalue weighted by atomic mass is 10.1. The Balaban J connectivity index is 1.77.